The summed E-state index contributed by atoms with van der Waals surface area (Å²) in [6.07, 6.45) is 1.69. The Bertz CT molecular complexity index is 522. The van der Waals surface area contributed by atoms with Crippen LogP contribution in [0, 0.1) is 11.3 Å². The van der Waals surface area contributed by atoms with Gasteiger partial charge >= 0.3 is 0 Å². The van der Waals surface area contributed by atoms with Gasteiger partial charge in [0, 0.05) is 5.56 Å². The van der Waals surface area contributed by atoms with E-state index in [-0.39, 0.29) is 6.04 Å². The van der Waals surface area contributed by atoms with Gasteiger partial charge in [-0.05, 0) is 12.5 Å². The average Bonchev–Trinajstić information content (AvgIpc) is 2.71. The van der Waals surface area contributed by atoms with E-state index in [0.29, 0.717) is 5.82 Å². The molecule has 0 radical (unpaired) electrons. The average molecular weight is 212 g/mol. The molecule has 2 aromatic rings. The lowest BCUT2D eigenvalue weighted by Crippen LogP contribution is -2.08. The third-order valence-electron chi connectivity index (χ3n) is 2.47. The maximum absolute atomic E-state index is 8.83. The van der Waals surface area contributed by atoms with Crippen LogP contribution in [0.2, 0.25) is 0 Å². The number of hydrogen-bond acceptors (Lipinski definition) is 3. The van der Waals surface area contributed by atoms with E-state index in [1.807, 2.05) is 30.3 Å². The SMILES string of the molecule is CC(C#N)n1ncc(-c2ccccc2)c1N. The van der Waals surface area contributed by atoms with Crippen LogP contribution in [-0.4, -0.2) is 9.78 Å². The lowest BCUT2D eigenvalue weighted by atomic mass is 10.1. The summed E-state index contributed by atoms with van der Waals surface area (Å²) in [4.78, 5) is 0. The fraction of sp³-hybridized carbons (Fsp3) is 0.167. The van der Waals surface area contributed by atoms with Crippen molar-refractivity contribution in [1.29, 1.82) is 5.26 Å². The van der Waals surface area contributed by atoms with Gasteiger partial charge in [-0.15, -0.1) is 0 Å². The van der Waals surface area contributed by atoms with E-state index < -0.39 is 0 Å². The van der Waals surface area contributed by atoms with Crippen LogP contribution >= 0.6 is 0 Å². The molecule has 1 aromatic carbocycles. The predicted molar refractivity (Wildman–Crippen MR) is 62.4 cm³/mol. The van der Waals surface area contributed by atoms with Crippen molar-refractivity contribution >= 4 is 5.82 Å². The number of nitrogens with zero attached hydrogens (tertiary/aromatic N) is 3. The van der Waals surface area contributed by atoms with Gasteiger partial charge in [0.15, 0.2) is 0 Å². The van der Waals surface area contributed by atoms with Crippen LogP contribution in [0.1, 0.15) is 13.0 Å². The second-order valence-electron chi connectivity index (χ2n) is 3.56. The molecule has 0 saturated heterocycles. The van der Waals surface area contributed by atoms with E-state index in [4.69, 9.17) is 11.0 Å². The zero-order valence-electron chi connectivity index (χ0n) is 8.96. The maximum atomic E-state index is 8.83. The molecule has 2 N–H and O–H groups in total. The predicted octanol–water partition coefficient (Wildman–Crippen LogP) is 2.22. The second kappa shape index (κ2) is 4.07. The van der Waals surface area contributed by atoms with E-state index in [1.165, 1.54) is 4.68 Å². The number of benzene rings is 1. The highest BCUT2D eigenvalue weighted by Crippen LogP contribution is 2.26. The first kappa shape index (κ1) is 10.2. The minimum atomic E-state index is -0.350. The number of anilines is 1. The van der Waals surface area contributed by atoms with Crippen LogP contribution in [0.4, 0.5) is 5.82 Å². The van der Waals surface area contributed by atoms with Gasteiger partial charge in [-0.2, -0.15) is 10.4 Å². The van der Waals surface area contributed by atoms with Gasteiger partial charge in [-0.1, -0.05) is 30.3 Å². The molecule has 1 aromatic heterocycles. The summed E-state index contributed by atoms with van der Waals surface area (Å²) in [7, 11) is 0. The lowest BCUT2D eigenvalue weighted by Gasteiger charge is -2.06. The standard InChI is InChI=1S/C12H12N4/c1-9(7-13)16-12(14)11(8-15-16)10-5-3-2-4-6-10/h2-6,8-9H,14H2,1H3. The molecule has 0 amide bonds. The highest BCUT2D eigenvalue weighted by Gasteiger charge is 2.12. The minimum Gasteiger partial charge on any atom is -0.383 e. The molecule has 1 unspecified atom stereocenters. The Kier molecular flexibility index (Phi) is 2.61. The summed E-state index contributed by atoms with van der Waals surface area (Å²) >= 11 is 0. The first-order valence-corrected chi connectivity index (χ1v) is 5.02. The summed E-state index contributed by atoms with van der Waals surface area (Å²) in [6, 6.07) is 11.5. The van der Waals surface area contributed by atoms with E-state index in [1.54, 1.807) is 13.1 Å². The molecule has 0 fully saturated rings. The van der Waals surface area contributed by atoms with E-state index in [0.717, 1.165) is 11.1 Å². The molecular weight excluding hydrogens is 200 g/mol. The third kappa shape index (κ3) is 1.63. The van der Waals surface area contributed by atoms with Crippen molar-refractivity contribution in [2.45, 2.75) is 13.0 Å². The van der Waals surface area contributed by atoms with Gasteiger partial charge < -0.3 is 5.73 Å². The summed E-state index contributed by atoms with van der Waals surface area (Å²) < 4.78 is 1.53. The van der Waals surface area contributed by atoms with Gasteiger partial charge in [0.2, 0.25) is 0 Å². The van der Waals surface area contributed by atoms with E-state index >= 15 is 0 Å². The minimum absolute atomic E-state index is 0.350. The van der Waals surface area contributed by atoms with Crippen LogP contribution in [0.5, 0.6) is 0 Å². The lowest BCUT2D eigenvalue weighted by molar-refractivity contribution is 0.600. The zero-order valence-corrected chi connectivity index (χ0v) is 8.96. The van der Waals surface area contributed by atoms with E-state index in [9.17, 15) is 0 Å². The van der Waals surface area contributed by atoms with Crippen molar-refractivity contribution < 1.29 is 0 Å². The molecule has 16 heavy (non-hydrogen) atoms. The molecule has 1 atom stereocenters. The Hall–Kier alpha value is -2.28. The van der Waals surface area contributed by atoms with Gasteiger partial charge in [0.05, 0.1) is 12.3 Å². The number of aromatic nitrogens is 2. The van der Waals surface area contributed by atoms with Gasteiger partial charge in [0.25, 0.3) is 0 Å². The Labute approximate surface area is 93.9 Å². The fourth-order valence-corrected chi connectivity index (χ4v) is 1.58. The number of nitrogens with two attached hydrogens (primary N) is 1. The molecule has 0 aliphatic heterocycles. The van der Waals surface area contributed by atoms with Crippen molar-refractivity contribution in [2.75, 3.05) is 5.73 Å². The first-order valence-electron chi connectivity index (χ1n) is 5.02. The number of hydrogen-bond donors (Lipinski definition) is 1. The highest BCUT2D eigenvalue weighted by molar-refractivity contribution is 5.73. The van der Waals surface area contributed by atoms with Gasteiger partial charge in [-0.3, -0.25) is 0 Å². The molecule has 0 aliphatic carbocycles. The van der Waals surface area contributed by atoms with Crippen LogP contribution < -0.4 is 5.73 Å². The van der Waals surface area contributed by atoms with Crippen molar-refractivity contribution in [3.05, 3.63) is 36.5 Å². The van der Waals surface area contributed by atoms with Gasteiger partial charge in [-0.25, -0.2) is 4.68 Å². The fourth-order valence-electron chi connectivity index (χ4n) is 1.58. The van der Waals surface area contributed by atoms with Crippen LogP contribution in [0.15, 0.2) is 36.5 Å². The number of rotatable bonds is 2. The normalized spacial score (nSPS) is 12.0. The molecule has 0 bridgehead atoms. The molecule has 0 spiro atoms. The van der Waals surface area contributed by atoms with E-state index in [2.05, 4.69) is 11.2 Å². The molecule has 0 aliphatic rings. The Morgan fingerprint density at radius 1 is 1.38 bits per heavy atom. The molecule has 2 rings (SSSR count). The summed E-state index contributed by atoms with van der Waals surface area (Å²) in [5.74, 6) is 0.528. The Balaban J connectivity index is 2.46. The van der Waals surface area contributed by atoms with Crippen molar-refractivity contribution in [2.24, 2.45) is 0 Å². The monoisotopic (exact) mass is 212 g/mol. The summed E-state index contributed by atoms with van der Waals surface area (Å²) in [5, 5.41) is 13.0. The number of nitrogen functional groups attached to an aromatic ring is 1. The van der Waals surface area contributed by atoms with Crippen molar-refractivity contribution in [3.63, 3.8) is 0 Å². The summed E-state index contributed by atoms with van der Waals surface area (Å²) in [6.45, 7) is 1.76. The van der Waals surface area contributed by atoms with Crippen LogP contribution in [-0.2, 0) is 0 Å². The van der Waals surface area contributed by atoms with Crippen molar-refractivity contribution in [3.8, 4) is 17.2 Å². The second-order valence-corrected chi connectivity index (χ2v) is 3.56. The van der Waals surface area contributed by atoms with Crippen LogP contribution in [0.25, 0.3) is 11.1 Å². The van der Waals surface area contributed by atoms with Crippen molar-refractivity contribution in [1.82, 2.24) is 9.78 Å². The molecule has 1 heterocycles. The quantitative estimate of drug-likeness (QED) is 0.829. The molecule has 4 nitrogen and oxygen atoms in total. The summed E-state index contributed by atoms with van der Waals surface area (Å²) in [5.41, 5.74) is 7.84. The molecule has 80 valence electrons. The highest BCUT2D eigenvalue weighted by atomic mass is 15.3. The zero-order chi connectivity index (χ0) is 11.5. The smallest absolute Gasteiger partial charge is 0.138 e. The topological polar surface area (TPSA) is 67.6 Å². The molecule has 4 heteroatoms. The Morgan fingerprint density at radius 2 is 2.06 bits per heavy atom. The molecular formula is C12H12N4. The molecule has 0 saturated carbocycles. The third-order valence-corrected chi connectivity index (χ3v) is 2.47. The van der Waals surface area contributed by atoms with Gasteiger partial charge in [0.1, 0.15) is 11.9 Å². The Morgan fingerprint density at radius 3 is 2.69 bits per heavy atom. The first-order chi connectivity index (χ1) is 7.74. The largest absolute Gasteiger partial charge is 0.383 e. The van der Waals surface area contributed by atoms with Crippen LogP contribution in [0.3, 0.4) is 0 Å². The number of nitriles is 1. The maximum Gasteiger partial charge on any atom is 0.138 e.